The predicted molar refractivity (Wildman–Crippen MR) is 101 cm³/mol. The second-order valence-electron chi connectivity index (χ2n) is 5.69. The van der Waals surface area contributed by atoms with Gasteiger partial charge in [-0.25, -0.2) is 0 Å². The van der Waals surface area contributed by atoms with Crippen LogP contribution < -0.4 is 20.5 Å². The third-order valence-corrected chi connectivity index (χ3v) is 4.34. The van der Waals surface area contributed by atoms with E-state index in [1.807, 2.05) is 30.3 Å². The van der Waals surface area contributed by atoms with Gasteiger partial charge in [-0.3, -0.25) is 4.79 Å². The highest BCUT2D eigenvalue weighted by Crippen LogP contribution is 2.38. The van der Waals surface area contributed by atoms with Gasteiger partial charge in [0.25, 0.3) is 0 Å². The second kappa shape index (κ2) is 8.43. The molecule has 2 aromatic rings. The highest BCUT2D eigenvalue weighted by Gasteiger charge is 2.24. The summed E-state index contributed by atoms with van der Waals surface area (Å²) in [6, 6.07) is 12.5. The van der Waals surface area contributed by atoms with Crippen molar-refractivity contribution >= 4 is 35.6 Å². The number of anilines is 1. The Labute approximate surface area is 157 Å². The largest absolute Gasteiger partial charge is 0.486 e. The Balaban J connectivity index is 0.00000225. The SMILES string of the molecule is CC(C(=O)Nc1cc2c(cc1Cl)OCCO2)C(N)c1ccccc1.Cl. The molecule has 0 saturated heterocycles. The van der Waals surface area contributed by atoms with Gasteiger partial charge in [-0.05, 0) is 5.56 Å². The average Bonchev–Trinajstić information content (AvgIpc) is 2.61. The van der Waals surface area contributed by atoms with E-state index >= 15 is 0 Å². The molecule has 0 aromatic heterocycles. The number of ether oxygens (including phenoxy) is 2. The molecule has 25 heavy (non-hydrogen) atoms. The molecule has 0 spiro atoms. The van der Waals surface area contributed by atoms with E-state index in [2.05, 4.69) is 5.32 Å². The topological polar surface area (TPSA) is 73.6 Å². The van der Waals surface area contributed by atoms with Crippen LogP contribution in [-0.4, -0.2) is 19.1 Å². The van der Waals surface area contributed by atoms with Crippen molar-refractivity contribution in [2.45, 2.75) is 13.0 Å². The fraction of sp³-hybridized carbons (Fsp3) is 0.278. The van der Waals surface area contributed by atoms with E-state index in [1.54, 1.807) is 19.1 Å². The van der Waals surface area contributed by atoms with Crippen LogP contribution in [0.4, 0.5) is 5.69 Å². The van der Waals surface area contributed by atoms with Gasteiger partial charge in [-0.15, -0.1) is 12.4 Å². The average molecular weight is 383 g/mol. The van der Waals surface area contributed by atoms with Gasteiger partial charge >= 0.3 is 0 Å². The summed E-state index contributed by atoms with van der Waals surface area (Å²) in [5, 5.41) is 3.22. The van der Waals surface area contributed by atoms with Gasteiger partial charge in [0.05, 0.1) is 16.6 Å². The summed E-state index contributed by atoms with van der Waals surface area (Å²) in [5.74, 6) is 0.529. The van der Waals surface area contributed by atoms with Crippen LogP contribution in [0, 0.1) is 5.92 Å². The van der Waals surface area contributed by atoms with Crippen molar-refractivity contribution in [3.05, 3.63) is 53.1 Å². The fourth-order valence-electron chi connectivity index (χ4n) is 2.53. The van der Waals surface area contributed by atoms with E-state index in [9.17, 15) is 4.79 Å². The Hall–Kier alpha value is -1.95. The molecule has 1 heterocycles. The molecule has 2 atom stereocenters. The van der Waals surface area contributed by atoms with Crippen molar-refractivity contribution in [2.75, 3.05) is 18.5 Å². The lowest BCUT2D eigenvalue weighted by Gasteiger charge is -2.22. The van der Waals surface area contributed by atoms with Crippen molar-refractivity contribution < 1.29 is 14.3 Å². The van der Waals surface area contributed by atoms with Crippen molar-refractivity contribution in [3.63, 3.8) is 0 Å². The monoisotopic (exact) mass is 382 g/mol. The molecule has 0 aliphatic carbocycles. The lowest BCUT2D eigenvalue weighted by atomic mass is 9.94. The minimum absolute atomic E-state index is 0. The number of carbonyl (C=O) groups is 1. The van der Waals surface area contributed by atoms with Crippen LogP contribution in [0.1, 0.15) is 18.5 Å². The maximum Gasteiger partial charge on any atom is 0.229 e. The molecule has 0 radical (unpaired) electrons. The van der Waals surface area contributed by atoms with Crippen molar-refractivity contribution in [1.29, 1.82) is 0 Å². The summed E-state index contributed by atoms with van der Waals surface area (Å²) >= 11 is 6.23. The highest BCUT2D eigenvalue weighted by molar-refractivity contribution is 6.34. The maximum absolute atomic E-state index is 12.5. The molecule has 0 bridgehead atoms. The Morgan fingerprint density at radius 3 is 2.40 bits per heavy atom. The quantitative estimate of drug-likeness (QED) is 0.842. The summed E-state index contributed by atoms with van der Waals surface area (Å²) in [7, 11) is 0. The molecule has 0 fully saturated rings. The Morgan fingerprint density at radius 2 is 1.76 bits per heavy atom. The molecule has 3 N–H and O–H groups in total. The smallest absolute Gasteiger partial charge is 0.229 e. The number of hydrogen-bond donors (Lipinski definition) is 2. The number of nitrogens with one attached hydrogen (secondary N) is 1. The third-order valence-electron chi connectivity index (χ3n) is 4.03. The van der Waals surface area contributed by atoms with Crippen LogP contribution in [0.2, 0.25) is 5.02 Å². The number of halogens is 2. The zero-order valence-corrected chi connectivity index (χ0v) is 15.3. The van der Waals surface area contributed by atoms with E-state index < -0.39 is 12.0 Å². The number of nitrogens with two attached hydrogens (primary N) is 1. The van der Waals surface area contributed by atoms with Gasteiger partial charge < -0.3 is 20.5 Å². The normalized spacial score (nSPS) is 14.8. The Kier molecular flexibility index (Phi) is 6.53. The number of rotatable bonds is 4. The van der Waals surface area contributed by atoms with Crippen LogP contribution in [-0.2, 0) is 4.79 Å². The second-order valence-corrected chi connectivity index (χ2v) is 6.10. The van der Waals surface area contributed by atoms with Crippen LogP contribution in [0.5, 0.6) is 11.5 Å². The summed E-state index contributed by atoms with van der Waals surface area (Å²) in [6.45, 7) is 2.74. The van der Waals surface area contributed by atoms with Crippen LogP contribution in [0.3, 0.4) is 0 Å². The number of benzene rings is 2. The van der Waals surface area contributed by atoms with Gasteiger partial charge in [0.1, 0.15) is 13.2 Å². The van der Waals surface area contributed by atoms with E-state index in [0.29, 0.717) is 35.4 Å². The number of carbonyl (C=O) groups excluding carboxylic acids is 1. The van der Waals surface area contributed by atoms with Gasteiger partial charge in [0.15, 0.2) is 11.5 Å². The molecule has 3 rings (SSSR count). The Bertz CT molecular complexity index is 741. The molecule has 134 valence electrons. The number of amides is 1. The minimum atomic E-state index is -0.420. The zero-order valence-electron chi connectivity index (χ0n) is 13.7. The molecule has 7 heteroatoms. The molecule has 1 aliphatic heterocycles. The molecule has 0 saturated carbocycles. The highest BCUT2D eigenvalue weighted by atomic mass is 35.5. The van der Waals surface area contributed by atoms with Gasteiger partial charge in [-0.1, -0.05) is 48.9 Å². The number of fused-ring (bicyclic) bond motifs is 1. The van der Waals surface area contributed by atoms with E-state index in [0.717, 1.165) is 5.56 Å². The molecular formula is C18H20Cl2N2O3. The van der Waals surface area contributed by atoms with E-state index in [-0.39, 0.29) is 18.3 Å². The van der Waals surface area contributed by atoms with Crippen LogP contribution in [0.15, 0.2) is 42.5 Å². The predicted octanol–water partition coefficient (Wildman–Crippen LogP) is 3.81. The lowest BCUT2D eigenvalue weighted by Crippen LogP contribution is -2.30. The molecular weight excluding hydrogens is 363 g/mol. The first-order valence-corrected chi connectivity index (χ1v) is 8.14. The van der Waals surface area contributed by atoms with Crippen molar-refractivity contribution in [1.82, 2.24) is 0 Å². The first-order valence-electron chi connectivity index (χ1n) is 7.77. The van der Waals surface area contributed by atoms with Gasteiger partial charge in [-0.2, -0.15) is 0 Å². The summed E-state index contributed by atoms with van der Waals surface area (Å²) in [6.07, 6.45) is 0. The molecule has 5 nitrogen and oxygen atoms in total. The number of hydrogen-bond acceptors (Lipinski definition) is 4. The van der Waals surface area contributed by atoms with Crippen LogP contribution >= 0.6 is 24.0 Å². The summed E-state index contributed by atoms with van der Waals surface area (Å²) in [5.41, 5.74) is 7.60. The van der Waals surface area contributed by atoms with Gasteiger partial charge in [0, 0.05) is 18.2 Å². The molecule has 2 unspecified atom stereocenters. The summed E-state index contributed by atoms with van der Waals surface area (Å²) < 4.78 is 11.0. The standard InChI is InChI=1S/C18H19ClN2O3.ClH/c1-11(17(20)12-5-3-2-4-6-12)18(22)21-14-10-16-15(9-13(14)19)23-7-8-24-16;/h2-6,9-11,17H,7-8,20H2,1H3,(H,21,22);1H. The first kappa shape index (κ1) is 19.4. The van der Waals surface area contributed by atoms with Crippen molar-refractivity contribution in [3.8, 4) is 11.5 Å². The maximum atomic E-state index is 12.5. The Morgan fingerprint density at radius 1 is 1.16 bits per heavy atom. The summed E-state index contributed by atoms with van der Waals surface area (Å²) in [4.78, 5) is 12.5. The molecule has 2 aromatic carbocycles. The van der Waals surface area contributed by atoms with E-state index in [1.165, 1.54) is 0 Å². The van der Waals surface area contributed by atoms with E-state index in [4.69, 9.17) is 26.8 Å². The third kappa shape index (κ3) is 4.37. The van der Waals surface area contributed by atoms with Crippen LogP contribution in [0.25, 0.3) is 0 Å². The van der Waals surface area contributed by atoms with Gasteiger partial charge in [0.2, 0.25) is 5.91 Å². The first-order chi connectivity index (χ1) is 11.6. The zero-order chi connectivity index (χ0) is 17.1. The molecule has 1 aliphatic rings. The molecule has 1 amide bonds. The lowest BCUT2D eigenvalue weighted by molar-refractivity contribution is -0.120. The minimum Gasteiger partial charge on any atom is -0.486 e. The fourth-order valence-corrected chi connectivity index (χ4v) is 2.73. The van der Waals surface area contributed by atoms with Crippen molar-refractivity contribution in [2.24, 2.45) is 11.7 Å².